The molecule has 2 heterocycles. The molecule has 3 aromatic rings. The van der Waals surface area contributed by atoms with E-state index in [-0.39, 0.29) is 0 Å². The van der Waals surface area contributed by atoms with Crippen LogP contribution in [0.1, 0.15) is 0 Å². The van der Waals surface area contributed by atoms with E-state index in [1.54, 1.807) is 0 Å². The van der Waals surface area contributed by atoms with E-state index in [1.807, 2.05) is 14.1 Å². The van der Waals surface area contributed by atoms with Crippen LogP contribution in [0.4, 0.5) is 11.4 Å². The van der Waals surface area contributed by atoms with Gasteiger partial charge < -0.3 is 14.2 Å². The summed E-state index contributed by atoms with van der Waals surface area (Å²) in [7, 11) is 4.08. The van der Waals surface area contributed by atoms with Gasteiger partial charge in [0, 0.05) is 63.1 Å². The molecule has 2 aromatic heterocycles. The summed E-state index contributed by atoms with van der Waals surface area (Å²) in [6.07, 6.45) is 4.19. The van der Waals surface area contributed by atoms with Crippen molar-refractivity contribution in [3.05, 3.63) is 48.8 Å². The molecule has 0 amide bonds. The monoisotopic (exact) mass is 417 g/mol. The summed E-state index contributed by atoms with van der Waals surface area (Å²) in [5.74, 6) is 1.13. The zero-order valence-electron chi connectivity index (χ0n) is 16.2. The Morgan fingerprint density at radius 2 is 1.75 bits per heavy atom. The van der Waals surface area contributed by atoms with Crippen LogP contribution in [0.3, 0.4) is 0 Å². The molecule has 0 fully saturated rings. The number of aromatic nitrogens is 2. The maximum atomic E-state index is 5.09. The summed E-state index contributed by atoms with van der Waals surface area (Å²) in [6.45, 7) is 2.37. The number of anilines is 2. The minimum atomic E-state index is 0.353. The number of rotatable bonds is 10. The van der Waals surface area contributed by atoms with Gasteiger partial charge in [-0.15, -0.1) is 12.6 Å². The number of hydrogen-bond acceptors (Lipinski definition) is 7. The number of benzene rings is 1. The molecule has 0 saturated carbocycles. The molecule has 0 radical (unpaired) electrons. The van der Waals surface area contributed by atoms with Gasteiger partial charge >= 0.3 is 0 Å². The van der Waals surface area contributed by atoms with Gasteiger partial charge in [-0.05, 0) is 24.3 Å². The third-order valence-corrected chi connectivity index (χ3v) is 4.83. The SMILES string of the molecule is CN(C)c1ccc(-c2cn3cc(N(CCS)CCNOCS)ccc3n2)cc1. The lowest BCUT2D eigenvalue weighted by molar-refractivity contribution is 0.0818. The van der Waals surface area contributed by atoms with Crippen molar-refractivity contribution in [3.8, 4) is 11.3 Å². The molecular weight excluding hydrogens is 390 g/mol. The Hall–Kier alpha value is -1.87. The second-order valence-electron chi connectivity index (χ2n) is 6.60. The fourth-order valence-electron chi connectivity index (χ4n) is 3.03. The summed E-state index contributed by atoms with van der Waals surface area (Å²) >= 11 is 8.41. The Balaban J connectivity index is 1.80. The van der Waals surface area contributed by atoms with Crippen LogP contribution in [0.15, 0.2) is 48.8 Å². The number of nitrogens with zero attached hydrogens (tertiary/aromatic N) is 4. The van der Waals surface area contributed by atoms with Gasteiger partial charge in [0.05, 0.1) is 11.4 Å². The number of nitrogens with one attached hydrogen (secondary N) is 1. The highest BCUT2D eigenvalue weighted by Crippen LogP contribution is 2.24. The highest BCUT2D eigenvalue weighted by molar-refractivity contribution is 7.80. The second kappa shape index (κ2) is 10.1. The van der Waals surface area contributed by atoms with Crippen molar-refractivity contribution in [2.45, 2.75) is 0 Å². The zero-order valence-corrected chi connectivity index (χ0v) is 18.0. The molecule has 0 aliphatic rings. The number of pyridine rings is 1. The lowest BCUT2D eigenvalue weighted by Gasteiger charge is -2.24. The van der Waals surface area contributed by atoms with Crippen LogP contribution >= 0.6 is 25.3 Å². The molecule has 1 N–H and O–H groups in total. The zero-order chi connectivity index (χ0) is 19.9. The molecule has 0 saturated heterocycles. The molecular formula is C20H27N5OS2. The van der Waals surface area contributed by atoms with Crippen molar-refractivity contribution in [3.63, 3.8) is 0 Å². The van der Waals surface area contributed by atoms with Crippen LogP contribution in [0, 0.1) is 0 Å². The van der Waals surface area contributed by atoms with Crippen LogP contribution in [0.5, 0.6) is 0 Å². The van der Waals surface area contributed by atoms with E-state index in [4.69, 9.17) is 9.82 Å². The second-order valence-corrected chi connectivity index (χ2v) is 7.30. The van der Waals surface area contributed by atoms with E-state index in [2.05, 4.69) is 93.7 Å². The van der Waals surface area contributed by atoms with Crippen LogP contribution in [-0.2, 0) is 4.84 Å². The largest absolute Gasteiger partial charge is 0.378 e. The van der Waals surface area contributed by atoms with Crippen LogP contribution in [0.25, 0.3) is 16.9 Å². The Morgan fingerprint density at radius 3 is 2.43 bits per heavy atom. The highest BCUT2D eigenvalue weighted by Gasteiger charge is 2.09. The minimum absolute atomic E-state index is 0.353. The molecule has 0 aliphatic heterocycles. The van der Waals surface area contributed by atoms with E-state index < -0.39 is 0 Å². The third-order valence-electron chi connectivity index (χ3n) is 4.50. The third kappa shape index (κ3) is 5.14. The summed E-state index contributed by atoms with van der Waals surface area (Å²) in [4.78, 5) is 14.2. The first kappa shape index (κ1) is 20.9. The fraction of sp³-hybridized carbons (Fsp3) is 0.350. The fourth-order valence-corrected chi connectivity index (χ4v) is 3.36. The van der Waals surface area contributed by atoms with Crippen LogP contribution < -0.4 is 15.3 Å². The number of hydroxylamine groups is 1. The normalized spacial score (nSPS) is 11.1. The Labute approximate surface area is 177 Å². The first-order chi connectivity index (χ1) is 13.6. The van der Waals surface area contributed by atoms with Crippen molar-refractivity contribution < 1.29 is 4.84 Å². The van der Waals surface area contributed by atoms with Gasteiger partial charge in [-0.3, -0.25) is 4.84 Å². The van der Waals surface area contributed by atoms with Crippen molar-refractivity contribution in [1.82, 2.24) is 14.9 Å². The van der Waals surface area contributed by atoms with Gasteiger partial charge in [0.1, 0.15) is 11.6 Å². The van der Waals surface area contributed by atoms with E-state index >= 15 is 0 Å². The highest BCUT2D eigenvalue weighted by atomic mass is 32.1. The average Bonchev–Trinajstić information content (AvgIpc) is 3.13. The molecule has 0 atom stereocenters. The molecule has 28 heavy (non-hydrogen) atoms. The summed E-state index contributed by atoms with van der Waals surface area (Å²) in [5, 5.41) is 0. The quantitative estimate of drug-likeness (QED) is 0.205. The first-order valence-electron chi connectivity index (χ1n) is 9.20. The molecule has 3 rings (SSSR count). The Morgan fingerprint density at radius 1 is 1.00 bits per heavy atom. The molecule has 0 bridgehead atoms. The molecule has 0 unspecified atom stereocenters. The number of thiol groups is 2. The number of fused-ring (bicyclic) bond motifs is 1. The summed E-state index contributed by atoms with van der Waals surface area (Å²) in [5.41, 5.74) is 8.20. The van der Waals surface area contributed by atoms with E-state index in [0.717, 1.165) is 41.4 Å². The molecule has 6 nitrogen and oxygen atoms in total. The molecule has 0 aliphatic carbocycles. The predicted octanol–water partition coefficient (Wildman–Crippen LogP) is 3.21. The van der Waals surface area contributed by atoms with Gasteiger partial charge in [0.2, 0.25) is 0 Å². The maximum absolute atomic E-state index is 5.09. The lowest BCUT2D eigenvalue weighted by atomic mass is 10.1. The van der Waals surface area contributed by atoms with Crippen LogP contribution in [0.2, 0.25) is 0 Å². The van der Waals surface area contributed by atoms with Gasteiger partial charge in [-0.2, -0.15) is 18.1 Å². The molecule has 8 heteroatoms. The van der Waals surface area contributed by atoms with Crippen molar-refractivity contribution in [1.29, 1.82) is 0 Å². The van der Waals surface area contributed by atoms with E-state index in [0.29, 0.717) is 12.5 Å². The maximum Gasteiger partial charge on any atom is 0.137 e. The van der Waals surface area contributed by atoms with Gasteiger partial charge in [-0.25, -0.2) is 4.98 Å². The van der Waals surface area contributed by atoms with E-state index in [9.17, 15) is 0 Å². The summed E-state index contributed by atoms with van der Waals surface area (Å²) in [6, 6.07) is 12.6. The molecule has 1 aromatic carbocycles. The molecule has 0 spiro atoms. The number of imidazole rings is 1. The van der Waals surface area contributed by atoms with Crippen LogP contribution in [-0.4, -0.2) is 54.8 Å². The van der Waals surface area contributed by atoms with E-state index in [1.165, 1.54) is 5.69 Å². The van der Waals surface area contributed by atoms with Crippen molar-refractivity contribution >= 4 is 42.3 Å². The smallest absolute Gasteiger partial charge is 0.137 e. The Bertz CT molecular complexity index is 882. The number of hydrogen-bond donors (Lipinski definition) is 3. The van der Waals surface area contributed by atoms with Gasteiger partial charge in [-0.1, -0.05) is 12.1 Å². The average molecular weight is 418 g/mol. The minimum Gasteiger partial charge on any atom is -0.378 e. The predicted molar refractivity (Wildman–Crippen MR) is 124 cm³/mol. The Kier molecular flexibility index (Phi) is 7.50. The topological polar surface area (TPSA) is 45.0 Å². The van der Waals surface area contributed by atoms with Gasteiger partial charge in [0.15, 0.2) is 0 Å². The first-order valence-corrected chi connectivity index (χ1v) is 10.5. The summed E-state index contributed by atoms with van der Waals surface area (Å²) < 4.78 is 2.08. The standard InChI is InChI=1S/C20H27N5OS2/c1-23(2)17-5-3-16(4-6-17)19-14-25-13-18(7-8-20(25)22-19)24(11-12-27)10-9-21-26-15-28/h3-8,13-14,21,27-28H,9-12,15H2,1-2H3. The van der Waals surface area contributed by atoms with Crippen molar-refractivity contribution in [2.75, 3.05) is 55.2 Å². The van der Waals surface area contributed by atoms with Crippen molar-refractivity contribution in [2.24, 2.45) is 0 Å². The van der Waals surface area contributed by atoms with Gasteiger partial charge in [0.25, 0.3) is 0 Å². The lowest BCUT2D eigenvalue weighted by Crippen LogP contribution is -2.33. The molecule has 150 valence electrons.